The second-order valence-electron chi connectivity index (χ2n) is 15.7. The summed E-state index contributed by atoms with van der Waals surface area (Å²) in [5.41, 5.74) is 1.30. The van der Waals surface area contributed by atoms with Crippen LogP contribution in [-0.2, 0) is 18.3 Å². The summed E-state index contributed by atoms with van der Waals surface area (Å²) in [6, 6.07) is 0. The summed E-state index contributed by atoms with van der Waals surface area (Å²) in [6.45, 7) is 34.4. The molecule has 2 heterocycles. The third kappa shape index (κ3) is 10.6. The van der Waals surface area contributed by atoms with Crippen LogP contribution >= 0.6 is 0 Å². The van der Waals surface area contributed by atoms with Crippen LogP contribution in [0.4, 0.5) is 0 Å². The van der Waals surface area contributed by atoms with Gasteiger partial charge in [-0.05, 0) is 73.1 Å². The first kappa shape index (κ1) is 40.9. The number of carbonyl (C=O) groups is 1. The summed E-state index contributed by atoms with van der Waals surface area (Å²) in [6.07, 6.45) is 14.3. The van der Waals surface area contributed by atoms with E-state index in [1.165, 1.54) is 6.26 Å². The number of aromatic nitrogens is 1. The van der Waals surface area contributed by atoms with Crippen LogP contribution in [0.25, 0.3) is 0 Å². The zero-order valence-electron chi connectivity index (χ0n) is 31.9. The third-order valence-electron chi connectivity index (χ3n) is 9.99. The average molecular weight is 686 g/mol. The zero-order valence-corrected chi connectivity index (χ0v) is 33.9. The number of esters is 1. The van der Waals surface area contributed by atoms with E-state index in [1.807, 2.05) is 6.08 Å². The summed E-state index contributed by atoms with van der Waals surface area (Å²) in [5, 5.41) is 0.0797. The quantitative estimate of drug-likeness (QED) is 0.0563. The van der Waals surface area contributed by atoms with Crippen molar-refractivity contribution in [2.24, 2.45) is 5.41 Å². The number of hydrogen-bond acceptors (Lipinski definition) is 7. The molecule has 47 heavy (non-hydrogen) atoms. The lowest BCUT2D eigenvalue weighted by Gasteiger charge is -2.51. The first-order valence-corrected chi connectivity index (χ1v) is 22.4. The van der Waals surface area contributed by atoms with E-state index in [0.29, 0.717) is 16.6 Å². The average Bonchev–Trinajstić information content (AvgIpc) is 3.52. The van der Waals surface area contributed by atoms with E-state index >= 15 is 0 Å². The van der Waals surface area contributed by atoms with E-state index in [-0.39, 0.29) is 53.1 Å². The van der Waals surface area contributed by atoms with Crippen LogP contribution in [0.5, 0.6) is 0 Å². The Morgan fingerprint density at radius 1 is 1.00 bits per heavy atom. The number of oxazole rings is 1. The zero-order chi connectivity index (χ0) is 35.8. The van der Waals surface area contributed by atoms with Crippen molar-refractivity contribution in [2.75, 3.05) is 6.61 Å². The van der Waals surface area contributed by atoms with Gasteiger partial charge >= 0.3 is 5.97 Å². The predicted octanol–water partition coefficient (Wildman–Crippen LogP) is 10.0. The van der Waals surface area contributed by atoms with Crippen LogP contribution in [0, 0.1) is 17.3 Å². The topological polar surface area (TPSA) is 83.3 Å². The molecule has 1 aliphatic heterocycles. The van der Waals surface area contributed by atoms with Gasteiger partial charge in [-0.15, -0.1) is 0 Å². The van der Waals surface area contributed by atoms with Gasteiger partial charge in [0.05, 0.1) is 18.8 Å². The molecule has 0 unspecified atom stereocenters. The van der Waals surface area contributed by atoms with Gasteiger partial charge in [0, 0.05) is 5.41 Å². The van der Waals surface area contributed by atoms with Crippen molar-refractivity contribution in [2.45, 2.75) is 156 Å². The van der Waals surface area contributed by atoms with Gasteiger partial charge in [-0.25, -0.2) is 4.79 Å². The smallest absolute Gasteiger partial charge is 0.360 e. The van der Waals surface area contributed by atoms with Gasteiger partial charge < -0.3 is 22.7 Å². The molecule has 0 saturated carbocycles. The van der Waals surface area contributed by atoms with Gasteiger partial charge in [0.1, 0.15) is 18.5 Å². The Hall–Kier alpha value is -2.23. The van der Waals surface area contributed by atoms with Crippen LogP contribution < -0.4 is 0 Å². The van der Waals surface area contributed by atoms with Gasteiger partial charge in [0.15, 0.2) is 14.0 Å². The van der Waals surface area contributed by atoms with Crippen molar-refractivity contribution in [3.8, 4) is 11.8 Å². The van der Waals surface area contributed by atoms with E-state index in [1.54, 1.807) is 13.0 Å². The number of rotatable bonds is 16. The number of nitrogens with zero attached hydrogens (tertiary/aromatic N) is 1. The van der Waals surface area contributed by atoms with Gasteiger partial charge in [0.25, 0.3) is 5.89 Å². The number of allylic oxidation sites excluding steroid dienone is 2. The number of hydrogen-bond donors (Lipinski definition) is 0. The molecule has 0 aromatic carbocycles. The van der Waals surface area contributed by atoms with Crippen LogP contribution in [0.1, 0.15) is 113 Å². The molecule has 4 atom stereocenters. The highest BCUT2D eigenvalue weighted by Gasteiger charge is 2.51. The summed E-state index contributed by atoms with van der Waals surface area (Å²) < 4.78 is 30.8. The Kier molecular flexibility index (Phi) is 14.8. The standard InChI is InChI=1S/C38H63NO6Si2/c1-16-21-33(45-47(27(3)4,28(5)6)29(7)8)38(12,13)34(44-46(14,15)37(9,10)11)24-20-23-32-31(43-32)22-18-19-25-35-39-30(26-42-35)36(40)41-17-2/h16,18,20-23,26-29,31-34H,17,24H2,1-15H3/b21-16+,22-18+,23-20-/t31-,32+,33-,34-/m0/s1. The molecule has 9 heteroatoms. The van der Waals surface area contributed by atoms with E-state index in [2.05, 4.69) is 137 Å². The molecule has 1 aromatic heterocycles. The first-order valence-electron chi connectivity index (χ1n) is 17.4. The van der Waals surface area contributed by atoms with Crippen LogP contribution in [0.3, 0.4) is 0 Å². The molecule has 1 aliphatic rings. The fourth-order valence-corrected chi connectivity index (χ4v) is 13.2. The third-order valence-corrected chi connectivity index (χ3v) is 20.5. The Balaban J connectivity index is 2.25. The maximum atomic E-state index is 11.8. The van der Waals surface area contributed by atoms with Crippen molar-refractivity contribution >= 4 is 22.6 Å². The number of epoxide rings is 1. The minimum atomic E-state index is -2.15. The highest BCUT2D eigenvalue weighted by atomic mass is 28.4. The molecule has 264 valence electrons. The lowest BCUT2D eigenvalue weighted by molar-refractivity contribution is -0.0124. The molecule has 1 aromatic rings. The van der Waals surface area contributed by atoms with Crippen LogP contribution in [0.15, 0.2) is 47.1 Å². The minimum Gasteiger partial charge on any atom is -0.461 e. The second-order valence-corrected chi connectivity index (χ2v) is 25.8. The fraction of sp³-hybridized carbons (Fsp3) is 0.684. The molecule has 1 fully saturated rings. The van der Waals surface area contributed by atoms with Gasteiger partial charge in [-0.1, -0.05) is 106 Å². The molecule has 2 rings (SSSR count). The molecule has 1 saturated heterocycles. The predicted molar refractivity (Wildman–Crippen MR) is 197 cm³/mol. The summed E-state index contributed by atoms with van der Waals surface area (Å²) in [4.78, 5) is 15.8. The molecular formula is C38H63NO6Si2. The highest BCUT2D eigenvalue weighted by molar-refractivity contribution is 6.77. The Morgan fingerprint density at radius 3 is 2.13 bits per heavy atom. The molecule has 0 bridgehead atoms. The van der Waals surface area contributed by atoms with E-state index in [9.17, 15) is 4.79 Å². The van der Waals surface area contributed by atoms with Crippen molar-refractivity contribution in [1.29, 1.82) is 0 Å². The molecule has 0 radical (unpaired) electrons. The Labute approximate surface area is 288 Å². The molecule has 0 amide bonds. The Bertz CT molecular complexity index is 1280. The van der Waals surface area contributed by atoms with Gasteiger partial charge in [-0.3, -0.25) is 0 Å². The van der Waals surface area contributed by atoms with Crippen molar-refractivity contribution in [3.05, 3.63) is 54.3 Å². The number of carbonyl (C=O) groups excluding carboxylic acids is 1. The summed E-state index contributed by atoms with van der Waals surface area (Å²) in [7, 11) is -4.26. The van der Waals surface area contributed by atoms with Crippen molar-refractivity contribution < 1.29 is 27.5 Å². The van der Waals surface area contributed by atoms with E-state index in [0.717, 1.165) is 6.42 Å². The maximum Gasteiger partial charge on any atom is 0.360 e. The lowest BCUT2D eigenvalue weighted by Crippen LogP contribution is -2.56. The normalized spacial score (nSPS) is 19.3. The van der Waals surface area contributed by atoms with Gasteiger partial charge in [0.2, 0.25) is 8.32 Å². The SMILES string of the molecule is C/C=C/[C@H](O[Si](C(C)C)(C(C)C)C(C)C)C(C)(C)[C@H](C/C=C\[C@H]1O[C@H]1/C=C/C#Cc1nc(C(=O)OCC)co1)O[Si](C)(C)C(C)(C)C. The number of ether oxygens (including phenoxy) is 2. The molecule has 7 nitrogen and oxygen atoms in total. The highest BCUT2D eigenvalue weighted by Crippen LogP contribution is 2.48. The molecule has 0 N–H and O–H groups in total. The minimum absolute atomic E-state index is 0.00713. The second kappa shape index (κ2) is 16.9. The van der Waals surface area contributed by atoms with Crippen molar-refractivity contribution in [3.63, 3.8) is 0 Å². The van der Waals surface area contributed by atoms with E-state index in [4.69, 9.17) is 22.7 Å². The lowest BCUT2D eigenvalue weighted by atomic mass is 9.79. The Morgan fingerprint density at radius 2 is 1.60 bits per heavy atom. The molecular weight excluding hydrogens is 623 g/mol. The largest absolute Gasteiger partial charge is 0.461 e. The summed E-state index contributed by atoms with van der Waals surface area (Å²) >= 11 is 0. The van der Waals surface area contributed by atoms with Crippen molar-refractivity contribution in [1.82, 2.24) is 4.98 Å². The van der Waals surface area contributed by atoms with E-state index < -0.39 is 22.6 Å². The monoisotopic (exact) mass is 685 g/mol. The van der Waals surface area contributed by atoms with Crippen LogP contribution in [-0.4, -0.2) is 58.6 Å². The molecule has 0 aliphatic carbocycles. The fourth-order valence-electron chi connectivity index (χ4n) is 6.12. The molecule has 0 spiro atoms. The summed E-state index contributed by atoms with van der Waals surface area (Å²) in [5.74, 6) is 5.34. The maximum absolute atomic E-state index is 11.8. The first-order chi connectivity index (χ1) is 21.7. The van der Waals surface area contributed by atoms with Crippen LogP contribution in [0.2, 0.25) is 34.8 Å². The van der Waals surface area contributed by atoms with Gasteiger partial charge in [-0.2, -0.15) is 4.98 Å².